The number of carbonyl (C=O) groups is 2. The van der Waals surface area contributed by atoms with Gasteiger partial charge in [-0.25, -0.2) is 0 Å². The number of carbonyl (C=O) groups excluding carboxylic acids is 2. The summed E-state index contributed by atoms with van der Waals surface area (Å²) in [6.07, 6.45) is 0.919. The van der Waals surface area contributed by atoms with Gasteiger partial charge in [-0.15, -0.1) is 0 Å². The molecule has 10 heteroatoms. The molecular weight excluding hydrogens is 438 g/mol. The summed E-state index contributed by atoms with van der Waals surface area (Å²) < 4.78 is 11.7. The van der Waals surface area contributed by atoms with E-state index in [9.17, 15) is 23.9 Å². The van der Waals surface area contributed by atoms with Crippen LogP contribution in [0, 0.1) is 5.92 Å². The van der Waals surface area contributed by atoms with Crippen LogP contribution in [0.2, 0.25) is 10.0 Å². The second-order valence-electron chi connectivity index (χ2n) is 6.70. The molecule has 2 amide bonds. The average molecular weight is 469 g/mol. The molecule has 4 N–H and O–H groups in total. The van der Waals surface area contributed by atoms with E-state index in [1.165, 1.54) is 12.1 Å². The van der Waals surface area contributed by atoms with Gasteiger partial charge in [0, 0.05) is 5.69 Å². The molecule has 0 aliphatic heterocycles. The zero-order valence-electron chi connectivity index (χ0n) is 17.4. The summed E-state index contributed by atoms with van der Waals surface area (Å²) in [7, 11) is -4.65. The predicted molar refractivity (Wildman–Crippen MR) is 119 cm³/mol. The second kappa shape index (κ2) is 13.2. The van der Waals surface area contributed by atoms with Crippen molar-refractivity contribution in [3.05, 3.63) is 28.2 Å². The maximum atomic E-state index is 12.5. The summed E-state index contributed by atoms with van der Waals surface area (Å²) >= 11 is 11.8. The normalized spacial score (nSPS) is 13.2. The van der Waals surface area contributed by atoms with Crippen LogP contribution in [0.15, 0.2) is 18.2 Å². The smallest absolute Gasteiger partial charge is 0.337 e. The minimum atomic E-state index is -4.65. The first kappa shape index (κ1) is 27.9. The summed E-state index contributed by atoms with van der Waals surface area (Å²) in [5, 5.41) is 5.71. The SMILES string of the molecule is CC.CCCC(NC(=O)C(CC(C)C)P(=O)(O)O)C(=O)Nc1ccc(Cl)c(Cl)c1. The molecule has 0 heterocycles. The molecule has 0 radical (unpaired) electrons. The molecular formula is C19H31Cl2N2O5P. The largest absolute Gasteiger partial charge is 0.343 e. The molecule has 2 unspecified atom stereocenters. The number of hydrogen-bond acceptors (Lipinski definition) is 3. The zero-order chi connectivity index (χ0) is 22.8. The van der Waals surface area contributed by atoms with Crippen LogP contribution in [-0.2, 0) is 14.2 Å². The van der Waals surface area contributed by atoms with Crippen molar-refractivity contribution in [2.45, 2.75) is 65.6 Å². The van der Waals surface area contributed by atoms with Crippen molar-refractivity contribution < 1.29 is 23.9 Å². The number of halogens is 2. The molecule has 0 spiro atoms. The fourth-order valence-electron chi connectivity index (χ4n) is 2.47. The molecule has 0 aromatic heterocycles. The Bertz CT molecular complexity index is 725. The van der Waals surface area contributed by atoms with Crippen molar-refractivity contribution in [2.24, 2.45) is 5.92 Å². The lowest BCUT2D eigenvalue weighted by Crippen LogP contribution is -2.47. The molecule has 29 heavy (non-hydrogen) atoms. The Morgan fingerprint density at radius 1 is 1.10 bits per heavy atom. The van der Waals surface area contributed by atoms with E-state index in [1.54, 1.807) is 19.9 Å². The lowest BCUT2D eigenvalue weighted by Gasteiger charge is -2.23. The summed E-state index contributed by atoms with van der Waals surface area (Å²) in [6, 6.07) is 3.63. The van der Waals surface area contributed by atoms with Crippen molar-refractivity contribution in [3.8, 4) is 0 Å². The third-order valence-electron chi connectivity index (χ3n) is 3.80. The van der Waals surface area contributed by atoms with Crippen LogP contribution in [0.3, 0.4) is 0 Å². The second-order valence-corrected chi connectivity index (χ2v) is 9.32. The fraction of sp³-hybridized carbons (Fsp3) is 0.579. The highest BCUT2D eigenvalue weighted by molar-refractivity contribution is 7.53. The number of benzene rings is 1. The topological polar surface area (TPSA) is 116 Å². The Morgan fingerprint density at radius 2 is 1.69 bits per heavy atom. The lowest BCUT2D eigenvalue weighted by atomic mass is 10.1. The van der Waals surface area contributed by atoms with Crippen LogP contribution < -0.4 is 10.6 Å². The van der Waals surface area contributed by atoms with Crippen molar-refractivity contribution in [1.29, 1.82) is 0 Å². The Balaban J connectivity index is 0.00000379. The quantitative estimate of drug-likeness (QED) is 0.387. The maximum Gasteiger partial charge on any atom is 0.337 e. The van der Waals surface area contributed by atoms with Gasteiger partial charge in [-0.1, -0.05) is 64.2 Å². The molecule has 0 aliphatic rings. The first-order chi connectivity index (χ1) is 13.5. The van der Waals surface area contributed by atoms with Crippen LogP contribution >= 0.6 is 30.8 Å². The van der Waals surface area contributed by atoms with E-state index in [2.05, 4.69) is 10.6 Å². The van der Waals surface area contributed by atoms with Gasteiger partial charge in [0.2, 0.25) is 11.8 Å². The van der Waals surface area contributed by atoms with E-state index in [0.717, 1.165) is 0 Å². The fourth-order valence-corrected chi connectivity index (χ4v) is 3.85. The standard InChI is InChI=1S/C17H25Cl2N2O5P.C2H6/c1-4-5-14(16(22)20-11-6-7-12(18)13(19)9-11)21-17(23)15(8-10(2)3)27(24,25)26;1-2/h6-7,9-10,14-15H,4-5,8H2,1-3H3,(H,20,22)(H,21,23)(H2,24,25,26);1-2H3. The minimum absolute atomic E-state index is 0.0172. The third-order valence-corrected chi connectivity index (χ3v) is 5.80. The molecule has 2 atom stereocenters. The Morgan fingerprint density at radius 3 is 2.14 bits per heavy atom. The average Bonchev–Trinajstić information content (AvgIpc) is 2.63. The molecule has 1 aromatic carbocycles. The van der Waals surface area contributed by atoms with E-state index in [4.69, 9.17) is 23.2 Å². The van der Waals surface area contributed by atoms with E-state index in [-0.39, 0.29) is 17.4 Å². The molecule has 0 saturated carbocycles. The predicted octanol–water partition coefficient (Wildman–Crippen LogP) is 4.84. The van der Waals surface area contributed by atoms with Crippen molar-refractivity contribution >= 4 is 48.3 Å². The summed E-state index contributed by atoms with van der Waals surface area (Å²) in [5.41, 5.74) is -1.09. The van der Waals surface area contributed by atoms with Gasteiger partial charge >= 0.3 is 7.60 Å². The van der Waals surface area contributed by atoms with E-state index < -0.39 is 31.1 Å². The van der Waals surface area contributed by atoms with Gasteiger partial charge in [-0.05, 0) is 37.0 Å². The highest BCUT2D eigenvalue weighted by Crippen LogP contribution is 2.44. The summed E-state index contributed by atoms with van der Waals surface area (Å²) in [5.74, 6) is -1.43. The molecule has 1 rings (SSSR count). The Hall–Kier alpha value is -1.11. The first-order valence-corrected chi connectivity index (χ1v) is 12.0. The van der Waals surface area contributed by atoms with E-state index in [0.29, 0.717) is 23.6 Å². The first-order valence-electron chi connectivity index (χ1n) is 9.57. The Labute approximate surface area is 182 Å². The van der Waals surface area contributed by atoms with Gasteiger partial charge in [-0.3, -0.25) is 14.2 Å². The van der Waals surface area contributed by atoms with Crippen LogP contribution in [0.5, 0.6) is 0 Å². The highest BCUT2D eigenvalue weighted by Gasteiger charge is 2.37. The molecule has 0 saturated heterocycles. The van der Waals surface area contributed by atoms with Crippen LogP contribution in [0.1, 0.15) is 53.9 Å². The van der Waals surface area contributed by atoms with Gasteiger partial charge in [-0.2, -0.15) is 0 Å². The van der Waals surface area contributed by atoms with Gasteiger partial charge in [0.15, 0.2) is 0 Å². The molecule has 0 bridgehead atoms. The zero-order valence-corrected chi connectivity index (χ0v) is 19.8. The molecule has 0 fully saturated rings. The Kier molecular flexibility index (Phi) is 12.7. The van der Waals surface area contributed by atoms with Gasteiger partial charge < -0.3 is 20.4 Å². The number of nitrogens with one attached hydrogen (secondary N) is 2. The van der Waals surface area contributed by atoms with Gasteiger partial charge in [0.05, 0.1) is 10.0 Å². The van der Waals surface area contributed by atoms with Crippen molar-refractivity contribution in [3.63, 3.8) is 0 Å². The maximum absolute atomic E-state index is 12.5. The van der Waals surface area contributed by atoms with Crippen molar-refractivity contribution in [2.75, 3.05) is 5.32 Å². The number of anilines is 1. The summed E-state index contributed by atoms with van der Waals surface area (Å²) in [4.78, 5) is 44.0. The van der Waals surface area contributed by atoms with Crippen molar-refractivity contribution in [1.82, 2.24) is 5.32 Å². The molecule has 1 aromatic rings. The van der Waals surface area contributed by atoms with Crippen LogP contribution in [-0.4, -0.2) is 33.3 Å². The van der Waals surface area contributed by atoms with Crippen LogP contribution in [0.25, 0.3) is 0 Å². The number of hydrogen-bond donors (Lipinski definition) is 4. The van der Waals surface area contributed by atoms with Crippen LogP contribution in [0.4, 0.5) is 5.69 Å². The summed E-state index contributed by atoms with van der Waals surface area (Å²) in [6.45, 7) is 9.35. The molecule has 7 nitrogen and oxygen atoms in total. The van der Waals surface area contributed by atoms with E-state index in [1.807, 2.05) is 20.8 Å². The molecule has 166 valence electrons. The third kappa shape index (κ3) is 9.96. The molecule has 0 aliphatic carbocycles. The van der Waals surface area contributed by atoms with Gasteiger partial charge in [0.25, 0.3) is 0 Å². The van der Waals surface area contributed by atoms with Gasteiger partial charge in [0.1, 0.15) is 11.7 Å². The number of amides is 2. The highest BCUT2D eigenvalue weighted by atomic mass is 35.5. The minimum Gasteiger partial charge on any atom is -0.343 e. The number of rotatable bonds is 9. The monoisotopic (exact) mass is 468 g/mol. The van der Waals surface area contributed by atoms with E-state index >= 15 is 0 Å². The lowest BCUT2D eigenvalue weighted by molar-refractivity contribution is -0.126.